The van der Waals surface area contributed by atoms with Gasteiger partial charge in [0.25, 0.3) is 11.8 Å². The Morgan fingerprint density at radius 3 is 2.33 bits per heavy atom. The van der Waals surface area contributed by atoms with Gasteiger partial charge in [-0.25, -0.2) is 9.91 Å². The number of methoxy groups -OCH3 is 2. The summed E-state index contributed by atoms with van der Waals surface area (Å²) in [7, 11) is 2.87. The maximum absolute atomic E-state index is 13.4. The number of carbonyl (C=O) groups excluding carboxylic acids is 4. The van der Waals surface area contributed by atoms with Crippen LogP contribution in [0.15, 0.2) is 42.5 Å². The highest BCUT2D eigenvalue weighted by Gasteiger charge is 2.46. The Bertz CT molecular complexity index is 1090. The molecule has 1 aliphatic rings. The molecule has 2 aromatic rings. The van der Waals surface area contributed by atoms with E-state index in [1.165, 1.54) is 44.6 Å². The summed E-state index contributed by atoms with van der Waals surface area (Å²) in [5, 5.41) is 1.38. The van der Waals surface area contributed by atoms with Crippen molar-refractivity contribution in [3.05, 3.63) is 53.1 Å². The molecule has 0 radical (unpaired) electrons. The van der Waals surface area contributed by atoms with Crippen LogP contribution in [0.1, 0.15) is 30.6 Å². The van der Waals surface area contributed by atoms with E-state index in [1.807, 2.05) is 0 Å². The number of hydrogen-bond donors (Lipinski definition) is 1. The molecule has 0 saturated carbocycles. The van der Waals surface area contributed by atoms with E-state index in [2.05, 4.69) is 5.43 Å². The van der Waals surface area contributed by atoms with Crippen LogP contribution < -0.4 is 19.8 Å². The molecule has 1 saturated heterocycles. The summed E-state index contributed by atoms with van der Waals surface area (Å²) in [5.74, 6) is -2.18. The molecule has 1 N–H and O–H groups in total. The van der Waals surface area contributed by atoms with Crippen molar-refractivity contribution in [3.63, 3.8) is 0 Å². The Kier molecular flexibility index (Phi) is 7.23. The molecule has 0 aliphatic carbocycles. The number of rotatable bonds is 6. The van der Waals surface area contributed by atoms with Crippen molar-refractivity contribution in [1.29, 1.82) is 0 Å². The molecule has 174 valence electrons. The highest BCUT2D eigenvalue weighted by Crippen LogP contribution is 2.36. The van der Waals surface area contributed by atoms with Crippen molar-refractivity contribution in [2.24, 2.45) is 5.92 Å². The number of hydrazine groups is 1. The number of anilines is 1. The molecule has 0 spiro atoms. The van der Waals surface area contributed by atoms with Gasteiger partial charge in [-0.15, -0.1) is 0 Å². The minimum absolute atomic E-state index is 0.190. The second-order valence-electron chi connectivity index (χ2n) is 7.64. The highest BCUT2D eigenvalue weighted by molar-refractivity contribution is 6.30. The van der Waals surface area contributed by atoms with E-state index in [-0.39, 0.29) is 23.4 Å². The fourth-order valence-corrected chi connectivity index (χ4v) is 3.51. The Hall–Kier alpha value is -3.59. The molecule has 3 rings (SSSR count). The smallest absolute Gasteiger partial charge is 0.269 e. The van der Waals surface area contributed by atoms with Gasteiger partial charge >= 0.3 is 0 Å². The van der Waals surface area contributed by atoms with E-state index in [0.717, 1.165) is 9.91 Å². The Balaban J connectivity index is 1.95. The second kappa shape index (κ2) is 9.91. The lowest BCUT2D eigenvalue weighted by molar-refractivity contribution is -0.143. The largest absolute Gasteiger partial charge is 0.497 e. The van der Waals surface area contributed by atoms with Crippen LogP contribution in [-0.4, -0.2) is 48.9 Å². The Labute approximate surface area is 196 Å². The topological polar surface area (TPSA) is 105 Å². The zero-order valence-electron chi connectivity index (χ0n) is 18.6. The fourth-order valence-electron chi connectivity index (χ4n) is 3.38. The predicted molar refractivity (Wildman–Crippen MR) is 121 cm³/mol. The Morgan fingerprint density at radius 2 is 1.76 bits per heavy atom. The lowest BCUT2D eigenvalue weighted by Gasteiger charge is -2.29. The maximum atomic E-state index is 13.4. The molecule has 10 heteroatoms. The number of halogens is 1. The lowest BCUT2D eigenvalue weighted by Crippen LogP contribution is -2.55. The first-order valence-electron chi connectivity index (χ1n) is 10.2. The van der Waals surface area contributed by atoms with E-state index in [9.17, 15) is 19.2 Å². The van der Waals surface area contributed by atoms with Gasteiger partial charge < -0.3 is 9.47 Å². The SMILES string of the molecule is COc1ccc(OC)c(N2C(=O)CC(N(NC(=O)c3ccc(Cl)cc3)C(=O)C(C)C)C2=O)c1. The van der Waals surface area contributed by atoms with Gasteiger partial charge in [0, 0.05) is 22.6 Å². The maximum Gasteiger partial charge on any atom is 0.269 e. The molecule has 4 amide bonds. The summed E-state index contributed by atoms with van der Waals surface area (Å²) in [6, 6.07) is 9.53. The zero-order valence-corrected chi connectivity index (χ0v) is 19.4. The third-order valence-electron chi connectivity index (χ3n) is 5.12. The lowest BCUT2D eigenvalue weighted by atomic mass is 10.1. The first-order valence-corrected chi connectivity index (χ1v) is 10.5. The molecule has 0 aromatic heterocycles. The first-order chi connectivity index (χ1) is 15.7. The van der Waals surface area contributed by atoms with Crippen LogP contribution in [-0.2, 0) is 14.4 Å². The van der Waals surface area contributed by atoms with Crippen molar-refractivity contribution >= 4 is 40.9 Å². The average Bonchev–Trinajstić information content (AvgIpc) is 3.10. The summed E-state index contributed by atoms with van der Waals surface area (Å²) in [6.07, 6.45) is -0.307. The standard InChI is InChI=1S/C23H24ClN3O6/c1-13(2)22(30)27(25-21(29)14-5-7-15(24)8-6-14)18-12-20(28)26(23(18)31)17-11-16(32-3)9-10-19(17)33-4/h5-11,13,18H,12H2,1-4H3,(H,25,29). The van der Waals surface area contributed by atoms with E-state index in [1.54, 1.807) is 26.0 Å². The van der Waals surface area contributed by atoms with Crippen molar-refractivity contribution in [2.75, 3.05) is 19.1 Å². The fraction of sp³-hybridized carbons (Fsp3) is 0.304. The normalized spacial score (nSPS) is 15.6. The third-order valence-corrected chi connectivity index (χ3v) is 5.37. The first kappa shape index (κ1) is 24.1. The van der Waals surface area contributed by atoms with Crippen molar-refractivity contribution < 1.29 is 28.7 Å². The van der Waals surface area contributed by atoms with Gasteiger partial charge in [0.05, 0.1) is 26.3 Å². The number of nitrogens with zero attached hydrogens (tertiary/aromatic N) is 2. The molecule has 1 heterocycles. The number of hydrogen-bond acceptors (Lipinski definition) is 6. The van der Waals surface area contributed by atoms with Gasteiger partial charge in [0.15, 0.2) is 0 Å². The monoisotopic (exact) mass is 473 g/mol. The molecular formula is C23H24ClN3O6. The van der Waals surface area contributed by atoms with Crippen LogP contribution in [0.3, 0.4) is 0 Å². The average molecular weight is 474 g/mol. The number of carbonyl (C=O) groups is 4. The minimum Gasteiger partial charge on any atom is -0.497 e. The van der Waals surface area contributed by atoms with E-state index < -0.39 is 35.6 Å². The van der Waals surface area contributed by atoms with E-state index in [0.29, 0.717) is 10.8 Å². The van der Waals surface area contributed by atoms with Gasteiger partial charge in [-0.1, -0.05) is 25.4 Å². The van der Waals surface area contributed by atoms with Crippen molar-refractivity contribution in [2.45, 2.75) is 26.3 Å². The molecular weight excluding hydrogens is 450 g/mol. The van der Waals surface area contributed by atoms with Gasteiger partial charge in [0.1, 0.15) is 17.5 Å². The van der Waals surface area contributed by atoms with Gasteiger partial charge in [0.2, 0.25) is 11.8 Å². The molecule has 1 aliphatic heterocycles. The van der Waals surface area contributed by atoms with Crippen LogP contribution in [0.4, 0.5) is 5.69 Å². The molecule has 0 bridgehead atoms. The predicted octanol–water partition coefficient (Wildman–Crippen LogP) is 2.82. The summed E-state index contributed by atoms with van der Waals surface area (Å²) in [5.41, 5.74) is 2.93. The van der Waals surface area contributed by atoms with Crippen LogP contribution in [0.25, 0.3) is 0 Å². The third kappa shape index (κ3) is 4.93. The summed E-state index contributed by atoms with van der Waals surface area (Å²) < 4.78 is 10.5. The van der Waals surface area contributed by atoms with E-state index in [4.69, 9.17) is 21.1 Å². The number of nitrogens with one attached hydrogen (secondary N) is 1. The number of amides is 4. The minimum atomic E-state index is -1.22. The van der Waals surface area contributed by atoms with Crippen LogP contribution in [0.5, 0.6) is 11.5 Å². The summed E-state index contributed by atoms with van der Waals surface area (Å²) in [6.45, 7) is 3.27. The summed E-state index contributed by atoms with van der Waals surface area (Å²) >= 11 is 5.87. The molecule has 2 aromatic carbocycles. The van der Waals surface area contributed by atoms with E-state index >= 15 is 0 Å². The van der Waals surface area contributed by atoms with Crippen molar-refractivity contribution in [1.82, 2.24) is 10.4 Å². The number of ether oxygens (including phenoxy) is 2. The highest BCUT2D eigenvalue weighted by atomic mass is 35.5. The molecule has 1 atom stereocenters. The zero-order chi connectivity index (χ0) is 24.3. The van der Waals surface area contributed by atoms with Gasteiger partial charge in [-0.3, -0.25) is 24.6 Å². The quantitative estimate of drug-likeness (QED) is 0.511. The van der Waals surface area contributed by atoms with Gasteiger partial charge in [-0.2, -0.15) is 0 Å². The molecule has 1 fully saturated rings. The van der Waals surface area contributed by atoms with Crippen LogP contribution in [0.2, 0.25) is 5.02 Å². The number of benzene rings is 2. The number of imide groups is 1. The van der Waals surface area contributed by atoms with Gasteiger partial charge in [-0.05, 0) is 36.4 Å². The Morgan fingerprint density at radius 1 is 1.09 bits per heavy atom. The molecule has 9 nitrogen and oxygen atoms in total. The molecule has 1 unspecified atom stereocenters. The second-order valence-corrected chi connectivity index (χ2v) is 8.07. The van der Waals surface area contributed by atoms with Crippen LogP contribution in [0, 0.1) is 5.92 Å². The molecule has 33 heavy (non-hydrogen) atoms. The van der Waals surface area contributed by atoms with Crippen LogP contribution >= 0.6 is 11.6 Å². The van der Waals surface area contributed by atoms with Crippen molar-refractivity contribution in [3.8, 4) is 11.5 Å². The summed E-state index contributed by atoms with van der Waals surface area (Å²) in [4.78, 5) is 52.9.